The minimum Gasteiger partial charge on any atom is -0.484 e. The van der Waals surface area contributed by atoms with E-state index in [-0.39, 0.29) is 17.9 Å². The number of hydrogen-bond acceptors (Lipinski definition) is 3. The lowest BCUT2D eigenvalue weighted by atomic mass is 9.78. The van der Waals surface area contributed by atoms with Crippen LogP contribution in [0.3, 0.4) is 0 Å². The quantitative estimate of drug-likeness (QED) is 0.503. The van der Waals surface area contributed by atoms with E-state index in [4.69, 9.17) is 10.6 Å². The minimum atomic E-state index is -0.358. The van der Waals surface area contributed by atoms with Crippen LogP contribution < -0.4 is 16.0 Å². The Morgan fingerprint density at radius 1 is 1.05 bits per heavy atom. The van der Waals surface area contributed by atoms with Crippen molar-refractivity contribution in [2.75, 3.05) is 6.61 Å². The standard InChI is InChI=1S/C17H20N2O2/c1-17(2,13-6-4-3-5-7-13)14-8-10-15(11-9-14)21-12-16(20)19-18/h3-11H,12,18H2,1-2H3,(H,19,20). The molecule has 4 nitrogen and oxygen atoms in total. The first kappa shape index (κ1) is 15.1. The van der Waals surface area contributed by atoms with Crippen molar-refractivity contribution in [1.82, 2.24) is 5.43 Å². The summed E-state index contributed by atoms with van der Waals surface area (Å²) < 4.78 is 5.34. The van der Waals surface area contributed by atoms with Gasteiger partial charge in [0.05, 0.1) is 0 Å². The van der Waals surface area contributed by atoms with E-state index in [2.05, 4.69) is 26.0 Å². The van der Waals surface area contributed by atoms with Gasteiger partial charge in [-0.1, -0.05) is 56.3 Å². The molecule has 0 saturated carbocycles. The number of carbonyl (C=O) groups excluding carboxylic acids is 1. The van der Waals surface area contributed by atoms with Gasteiger partial charge in [0.2, 0.25) is 0 Å². The summed E-state index contributed by atoms with van der Waals surface area (Å²) >= 11 is 0. The average molecular weight is 284 g/mol. The molecular weight excluding hydrogens is 264 g/mol. The molecule has 0 aromatic heterocycles. The molecule has 0 fully saturated rings. The Labute approximate surface area is 124 Å². The Kier molecular flexibility index (Phi) is 4.60. The Bertz CT molecular complexity index is 592. The summed E-state index contributed by atoms with van der Waals surface area (Å²) in [5.74, 6) is 5.29. The third kappa shape index (κ3) is 3.61. The van der Waals surface area contributed by atoms with Gasteiger partial charge >= 0.3 is 0 Å². The van der Waals surface area contributed by atoms with E-state index < -0.39 is 0 Å². The van der Waals surface area contributed by atoms with Crippen molar-refractivity contribution in [3.63, 3.8) is 0 Å². The maximum atomic E-state index is 11.0. The number of hydrazine groups is 1. The zero-order chi connectivity index (χ0) is 15.3. The van der Waals surface area contributed by atoms with E-state index in [0.29, 0.717) is 5.75 Å². The Morgan fingerprint density at radius 2 is 1.62 bits per heavy atom. The molecule has 0 aliphatic heterocycles. The molecule has 21 heavy (non-hydrogen) atoms. The van der Waals surface area contributed by atoms with Crippen molar-refractivity contribution in [3.05, 3.63) is 65.7 Å². The lowest BCUT2D eigenvalue weighted by Crippen LogP contribution is -2.34. The second-order valence-corrected chi connectivity index (χ2v) is 5.37. The molecule has 3 N–H and O–H groups in total. The molecule has 2 aromatic rings. The lowest BCUT2D eigenvalue weighted by molar-refractivity contribution is -0.123. The summed E-state index contributed by atoms with van der Waals surface area (Å²) in [7, 11) is 0. The van der Waals surface area contributed by atoms with Crippen LogP contribution in [0.2, 0.25) is 0 Å². The molecule has 0 aliphatic rings. The highest BCUT2D eigenvalue weighted by Crippen LogP contribution is 2.32. The maximum Gasteiger partial charge on any atom is 0.271 e. The topological polar surface area (TPSA) is 64.3 Å². The van der Waals surface area contributed by atoms with Crippen LogP contribution in [0.15, 0.2) is 54.6 Å². The van der Waals surface area contributed by atoms with Gasteiger partial charge in [-0.25, -0.2) is 5.84 Å². The Morgan fingerprint density at radius 3 is 2.19 bits per heavy atom. The van der Waals surface area contributed by atoms with E-state index in [0.717, 1.165) is 0 Å². The zero-order valence-corrected chi connectivity index (χ0v) is 12.3. The second kappa shape index (κ2) is 6.41. The largest absolute Gasteiger partial charge is 0.484 e. The van der Waals surface area contributed by atoms with Gasteiger partial charge in [0.1, 0.15) is 5.75 Å². The monoisotopic (exact) mass is 284 g/mol. The number of amides is 1. The van der Waals surface area contributed by atoms with Gasteiger partial charge in [-0.2, -0.15) is 0 Å². The van der Waals surface area contributed by atoms with Gasteiger partial charge in [0.25, 0.3) is 5.91 Å². The number of carbonyl (C=O) groups is 1. The predicted molar refractivity (Wildman–Crippen MR) is 82.8 cm³/mol. The van der Waals surface area contributed by atoms with E-state index >= 15 is 0 Å². The molecule has 0 saturated heterocycles. The number of nitrogens with two attached hydrogens (primary N) is 1. The fraction of sp³-hybridized carbons (Fsp3) is 0.235. The molecule has 0 spiro atoms. The first-order valence-corrected chi connectivity index (χ1v) is 6.82. The van der Waals surface area contributed by atoms with Crippen LogP contribution in [-0.4, -0.2) is 12.5 Å². The molecule has 1 amide bonds. The van der Waals surface area contributed by atoms with Crippen molar-refractivity contribution in [1.29, 1.82) is 0 Å². The summed E-state index contributed by atoms with van der Waals surface area (Å²) in [6, 6.07) is 18.1. The van der Waals surface area contributed by atoms with Crippen molar-refractivity contribution in [3.8, 4) is 5.75 Å². The van der Waals surface area contributed by atoms with Crippen molar-refractivity contribution >= 4 is 5.91 Å². The molecule has 2 aromatic carbocycles. The highest BCUT2D eigenvalue weighted by molar-refractivity contribution is 5.76. The summed E-state index contributed by atoms with van der Waals surface area (Å²) in [5, 5.41) is 0. The SMILES string of the molecule is CC(C)(c1ccccc1)c1ccc(OCC(=O)NN)cc1. The highest BCUT2D eigenvalue weighted by Gasteiger charge is 2.22. The van der Waals surface area contributed by atoms with Gasteiger partial charge in [-0.05, 0) is 23.3 Å². The molecule has 2 rings (SSSR count). The van der Waals surface area contributed by atoms with Gasteiger partial charge in [0, 0.05) is 5.41 Å². The van der Waals surface area contributed by atoms with E-state index in [1.165, 1.54) is 11.1 Å². The van der Waals surface area contributed by atoms with Gasteiger partial charge in [0.15, 0.2) is 6.61 Å². The zero-order valence-electron chi connectivity index (χ0n) is 12.3. The number of ether oxygens (including phenoxy) is 1. The van der Waals surface area contributed by atoms with E-state index in [1.807, 2.05) is 47.9 Å². The van der Waals surface area contributed by atoms with Crippen LogP contribution in [-0.2, 0) is 10.2 Å². The van der Waals surface area contributed by atoms with Crippen molar-refractivity contribution in [2.24, 2.45) is 5.84 Å². The lowest BCUT2D eigenvalue weighted by Gasteiger charge is -2.26. The number of rotatable bonds is 5. The van der Waals surface area contributed by atoms with Crippen LogP contribution in [0.5, 0.6) is 5.75 Å². The fourth-order valence-corrected chi connectivity index (χ4v) is 2.18. The van der Waals surface area contributed by atoms with Crippen LogP contribution >= 0.6 is 0 Å². The smallest absolute Gasteiger partial charge is 0.271 e. The molecule has 0 aliphatic carbocycles. The van der Waals surface area contributed by atoms with E-state index in [1.54, 1.807) is 0 Å². The molecule has 0 bridgehead atoms. The van der Waals surface area contributed by atoms with Crippen LogP contribution in [0.25, 0.3) is 0 Å². The molecule has 0 unspecified atom stereocenters. The second-order valence-electron chi connectivity index (χ2n) is 5.37. The molecule has 0 atom stereocenters. The number of hydrogen-bond donors (Lipinski definition) is 2. The van der Waals surface area contributed by atoms with Crippen LogP contribution in [0.1, 0.15) is 25.0 Å². The van der Waals surface area contributed by atoms with Gasteiger partial charge in [-0.3, -0.25) is 10.2 Å². The van der Waals surface area contributed by atoms with Gasteiger partial charge in [-0.15, -0.1) is 0 Å². The Balaban J connectivity index is 2.13. The van der Waals surface area contributed by atoms with Crippen molar-refractivity contribution in [2.45, 2.75) is 19.3 Å². The molecule has 0 heterocycles. The summed E-state index contributed by atoms with van der Waals surface area (Å²) in [6.07, 6.45) is 0. The fourth-order valence-electron chi connectivity index (χ4n) is 2.18. The van der Waals surface area contributed by atoms with E-state index in [9.17, 15) is 4.79 Å². The summed E-state index contributed by atoms with van der Waals surface area (Å²) in [4.78, 5) is 11.0. The molecule has 4 heteroatoms. The maximum absolute atomic E-state index is 11.0. The predicted octanol–water partition coefficient (Wildman–Crippen LogP) is 2.38. The van der Waals surface area contributed by atoms with Crippen molar-refractivity contribution < 1.29 is 9.53 Å². The molecule has 0 radical (unpaired) electrons. The number of benzene rings is 2. The van der Waals surface area contributed by atoms with Crippen LogP contribution in [0, 0.1) is 0 Å². The normalized spacial score (nSPS) is 11.0. The average Bonchev–Trinajstić information content (AvgIpc) is 2.53. The minimum absolute atomic E-state index is 0.0854. The summed E-state index contributed by atoms with van der Waals surface area (Å²) in [6.45, 7) is 4.28. The highest BCUT2D eigenvalue weighted by atomic mass is 16.5. The Hall–Kier alpha value is -2.33. The molecule has 110 valence electrons. The first-order chi connectivity index (χ1) is 10.0. The van der Waals surface area contributed by atoms with Gasteiger partial charge < -0.3 is 4.74 Å². The third-order valence-electron chi connectivity index (χ3n) is 3.60. The summed E-state index contributed by atoms with van der Waals surface area (Å²) in [5.41, 5.74) is 4.38. The van der Waals surface area contributed by atoms with Crippen LogP contribution in [0.4, 0.5) is 0 Å². The third-order valence-corrected chi connectivity index (χ3v) is 3.60. The molecular formula is C17H20N2O2. The number of nitrogens with one attached hydrogen (secondary N) is 1. The first-order valence-electron chi connectivity index (χ1n) is 6.82.